The molecule has 3 atom stereocenters. The Kier molecular flexibility index (Phi) is 3.49. The second kappa shape index (κ2) is 4.88. The number of ether oxygens (including phenoxy) is 2. The summed E-state index contributed by atoms with van der Waals surface area (Å²) in [5.41, 5.74) is 1.37. The minimum absolute atomic E-state index is 0.386. The fourth-order valence-electron chi connectivity index (χ4n) is 2.46. The van der Waals surface area contributed by atoms with Gasteiger partial charge in [0.15, 0.2) is 0 Å². The van der Waals surface area contributed by atoms with Crippen LogP contribution in [0.1, 0.15) is 25.8 Å². The lowest BCUT2D eigenvalue weighted by Gasteiger charge is -2.13. The molecule has 16 heavy (non-hydrogen) atoms. The van der Waals surface area contributed by atoms with E-state index in [0.717, 1.165) is 12.2 Å². The Morgan fingerprint density at radius 1 is 1.25 bits per heavy atom. The van der Waals surface area contributed by atoms with Crippen LogP contribution in [-0.4, -0.2) is 19.3 Å². The second-order valence-corrected chi connectivity index (χ2v) is 4.70. The lowest BCUT2D eigenvalue weighted by atomic mass is 9.93. The molecule has 0 spiro atoms. The quantitative estimate of drug-likeness (QED) is 0.779. The Labute approximate surface area is 97.6 Å². The fraction of sp³-hybridized carbons (Fsp3) is 0.571. The Morgan fingerprint density at radius 2 is 1.94 bits per heavy atom. The van der Waals surface area contributed by atoms with Crippen molar-refractivity contribution < 1.29 is 9.47 Å². The molecule has 2 rings (SSSR count). The molecule has 1 fully saturated rings. The lowest BCUT2D eigenvalue weighted by Crippen LogP contribution is -2.13. The van der Waals surface area contributed by atoms with Crippen molar-refractivity contribution in [2.75, 3.05) is 7.11 Å². The van der Waals surface area contributed by atoms with E-state index in [1.807, 2.05) is 12.1 Å². The number of hydrogen-bond donors (Lipinski definition) is 0. The van der Waals surface area contributed by atoms with Crippen molar-refractivity contribution >= 4 is 0 Å². The number of hydrogen-bond acceptors (Lipinski definition) is 2. The fourth-order valence-corrected chi connectivity index (χ4v) is 2.46. The summed E-state index contributed by atoms with van der Waals surface area (Å²) in [7, 11) is 1.70. The van der Waals surface area contributed by atoms with E-state index in [9.17, 15) is 0 Å². The van der Waals surface area contributed by atoms with Gasteiger partial charge in [-0.15, -0.1) is 0 Å². The van der Waals surface area contributed by atoms with Gasteiger partial charge in [0.2, 0.25) is 0 Å². The first-order chi connectivity index (χ1) is 7.69. The van der Waals surface area contributed by atoms with Crippen LogP contribution in [0.3, 0.4) is 0 Å². The maximum absolute atomic E-state index is 5.77. The molecule has 0 bridgehead atoms. The maximum atomic E-state index is 5.77. The molecule has 3 unspecified atom stereocenters. The van der Waals surface area contributed by atoms with Gasteiger partial charge in [0.25, 0.3) is 0 Å². The van der Waals surface area contributed by atoms with E-state index < -0.39 is 0 Å². The Morgan fingerprint density at radius 3 is 2.44 bits per heavy atom. The van der Waals surface area contributed by atoms with Gasteiger partial charge >= 0.3 is 0 Å². The van der Waals surface area contributed by atoms with Crippen LogP contribution in [0.4, 0.5) is 0 Å². The molecule has 0 amide bonds. The predicted molar refractivity (Wildman–Crippen MR) is 64.8 cm³/mol. The summed E-state index contributed by atoms with van der Waals surface area (Å²) in [5.74, 6) is 1.58. The van der Waals surface area contributed by atoms with Gasteiger partial charge in [-0.1, -0.05) is 12.1 Å². The molecule has 0 radical (unpaired) electrons. The van der Waals surface area contributed by atoms with Crippen LogP contribution in [0.15, 0.2) is 24.3 Å². The molecule has 1 heterocycles. The highest BCUT2D eigenvalue weighted by atomic mass is 16.5. The average molecular weight is 220 g/mol. The van der Waals surface area contributed by atoms with E-state index >= 15 is 0 Å². The van der Waals surface area contributed by atoms with Crippen LogP contribution in [0, 0.1) is 5.92 Å². The summed E-state index contributed by atoms with van der Waals surface area (Å²) in [6.45, 7) is 4.34. The van der Waals surface area contributed by atoms with Gasteiger partial charge in [-0.2, -0.15) is 0 Å². The molecule has 0 saturated carbocycles. The SMILES string of the molecule is COc1ccc(CC2CC(C)OC2C)cc1. The molecule has 2 heteroatoms. The Balaban J connectivity index is 1.98. The van der Waals surface area contributed by atoms with Crippen LogP contribution in [-0.2, 0) is 11.2 Å². The largest absolute Gasteiger partial charge is 0.497 e. The number of benzene rings is 1. The van der Waals surface area contributed by atoms with Crippen LogP contribution >= 0.6 is 0 Å². The zero-order chi connectivity index (χ0) is 11.5. The second-order valence-electron chi connectivity index (χ2n) is 4.70. The molecule has 1 aliphatic heterocycles. The topological polar surface area (TPSA) is 18.5 Å². The molecule has 1 saturated heterocycles. The normalized spacial score (nSPS) is 29.3. The van der Waals surface area contributed by atoms with E-state index in [4.69, 9.17) is 9.47 Å². The standard InChI is InChI=1S/C14H20O2/c1-10-8-13(11(2)16-10)9-12-4-6-14(15-3)7-5-12/h4-7,10-11,13H,8-9H2,1-3H3. The monoisotopic (exact) mass is 220 g/mol. The van der Waals surface area contributed by atoms with Crippen molar-refractivity contribution in [3.63, 3.8) is 0 Å². The molecule has 88 valence electrons. The summed E-state index contributed by atoms with van der Waals surface area (Å²) in [6.07, 6.45) is 3.08. The summed E-state index contributed by atoms with van der Waals surface area (Å²) in [6, 6.07) is 8.35. The summed E-state index contributed by atoms with van der Waals surface area (Å²) in [5, 5.41) is 0. The molecule has 0 aromatic heterocycles. The minimum atomic E-state index is 0.386. The predicted octanol–water partition coefficient (Wildman–Crippen LogP) is 3.05. The van der Waals surface area contributed by atoms with Crippen molar-refractivity contribution in [1.29, 1.82) is 0 Å². The molecule has 1 aliphatic rings. The molecule has 2 nitrogen and oxygen atoms in total. The highest BCUT2D eigenvalue weighted by Crippen LogP contribution is 2.29. The minimum Gasteiger partial charge on any atom is -0.497 e. The van der Waals surface area contributed by atoms with Gasteiger partial charge in [0.05, 0.1) is 19.3 Å². The van der Waals surface area contributed by atoms with E-state index in [1.54, 1.807) is 7.11 Å². The average Bonchev–Trinajstić information content (AvgIpc) is 2.59. The van der Waals surface area contributed by atoms with Gasteiger partial charge in [-0.05, 0) is 50.3 Å². The van der Waals surface area contributed by atoms with Gasteiger partial charge in [-0.25, -0.2) is 0 Å². The third kappa shape index (κ3) is 2.56. The molecular formula is C14H20O2. The van der Waals surface area contributed by atoms with E-state index in [-0.39, 0.29) is 0 Å². The van der Waals surface area contributed by atoms with E-state index in [2.05, 4.69) is 26.0 Å². The van der Waals surface area contributed by atoms with Crippen molar-refractivity contribution in [3.05, 3.63) is 29.8 Å². The van der Waals surface area contributed by atoms with Crippen molar-refractivity contribution in [2.24, 2.45) is 5.92 Å². The van der Waals surface area contributed by atoms with Crippen molar-refractivity contribution in [3.8, 4) is 5.75 Å². The third-order valence-electron chi connectivity index (χ3n) is 3.40. The van der Waals surface area contributed by atoms with Crippen molar-refractivity contribution in [2.45, 2.75) is 38.9 Å². The summed E-state index contributed by atoms with van der Waals surface area (Å²) < 4.78 is 10.9. The molecule has 0 N–H and O–H groups in total. The first kappa shape index (κ1) is 11.5. The molecule has 1 aromatic carbocycles. The third-order valence-corrected chi connectivity index (χ3v) is 3.40. The van der Waals surface area contributed by atoms with Gasteiger partial charge < -0.3 is 9.47 Å². The van der Waals surface area contributed by atoms with Gasteiger partial charge in [0.1, 0.15) is 5.75 Å². The Bertz CT molecular complexity index is 331. The molecule has 1 aromatic rings. The van der Waals surface area contributed by atoms with E-state index in [1.165, 1.54) is 12.0 Å². The Hall–Kier alpha value is -1.02. The number of methoxy groups -OCH3 is 1. The van der Waals surface area contributed by atoms with Crippen LogP contribution < -0.4 is 4.74 Å². The van der Waals surface area contributed by atoms with Gasteiger partial charge in [-0.3, -0.25) is 0 Å². The smallest absolute Gasteiger partial charge is 0.118 e. The van der Waals surface area contributed by atoms with Crippen molar-refractivity contribution in [1.82, 2.24) is 0 Å². The zero-order valence-electron chi connectivity index (χ0n) is 10.3. The highest BCUT2D eigenvalue weighted by molar-refractivity contribution is 5.27. The molecular weight excluding hydrogens is 200 g/mol. The highest BCUT2D eigenvalue weighted by Gasteiger charge is 2.29. The van der Waals surface area contributed by atoms with Crippen LogP contribution in [0.2, 0.25) is 0 Å². The summed E-state index contributed by atoms with van der Waals surface area (Å²) >= 11 is 0. The molecule has 0 aliphatic carbocycles. The first-order valence-corrected chi connectivity index (χ1v) is 5.97. The van der Waals surface area contributed by atoms with E-state index in [0.29, 0.717) is 18.1 Å². The lowest BCUT2D eigenvalue weighted by molar-refractivity contribution is 0.0560. The van der Waals surface area contributed by atoms with Crippen LogP contribution in [0.5, 0.6) is 5.75 Å². The van der Waals surface area contributed by atoms with Crippen LogP contribution in [0.25, 0.3) is 0 Å². The number of rotatable bonds is 3. The summed E-state index contributed by atoms with van der Waals surface area (Å²) in [4.78, 5) is 0. The van der Waals surface area contributed by atoms with Gasteiger partial charge in [0, 0.05) is 0 Å². The first-order valence-electron chi connectivity index (χ1n) is 5.97. The zero-order valence-corrected chi connectivity index (χ0v) is 10.3. The maximum Gasteiger partial charge on any atom is 0.118 e.